The number of hydrogen-bond acceptors (Lipinski definition) is 3. The molecule has 0 bridgehead atoms. The molecule has 1 fully saturated rings. The average molecular weight is 260 g/mol. The quantitative estimate of drug-likeness (QED) is 0.898. The highest BCUT2D eigenvalue weighted by molar-refractivity contribution is 7.91. The lowest BCUT2D eigenvalue weighted by molar-refractivity contribution is 0.547. The van der Waals surface area contributed by atoms with Crippen LogP contribution >= 0.6 is 11.6 Å². The number of nitrogens with two attached hydrogens (primary N) is 1. The summed E-state index contributed by atoms with van der Waals surface area (Å²) in [5.74, 6) is 0.111. The van der Waals surface area contributed by atoms with Crippen molar-refractivity contribution in [2.75, 3.05) is 12.3 Å². The van der Waals surface area contributed by atoms with E-state index in [2.05, 4.69) is 0 Å². The monoisotopic (exact) mass is 259 g/mol. The van der Waals surface area contributed by atoms with Gasteiger partial charge in [-0.25, -0.2) is 8.42 Å². The van der Waals surface area contributed by atoms with Crippen molar-refractivity contribution >= 4 is 21.4 Å². The maximum absolute atomic E-state index is 12.1. The Morgan fingerprint density at radius 2 is 1.94 bits per heavy atom. The molecule has 0 saturated heterocycles. The third-order valence-corrected chi connectivity index (χ3v) is 5.52. The lowest BCUT2D eigenvalue weighted by atomic mass is 10.1. The van der Waals surface area contributed by atoms with Crippen LogP contribution in [0.3, 0.4) is 0 Å². The Morgan fingerprint density at radius 1 is 1.31 bits per heavy atom. The van der Waals surface area contributed by atoms with Crippen LogP contribution in [0.4, 0.5) is 0 Å². The van der Waals surface area contributed by atoms with E-state index in [0.717, 1.165) is 12.8 Å². The molecule has 1 saturated carbocycles. The van der Waals surface area contributed by atoms with Gasteiger partial charge in [0, 0.05) is 0 Å². The molecule has 5 heteroatoms. The summed E-state index contributed by atoms with van der Waals surface area (Å²) in [6.07, 6.45) is 1.79. The molecule has 1 aliphatic rings. The van der Waals surface area contributed by atoms with Crippen LogP contribution in [0.15, 0.2) is 29.2 Å². The van der Waals surface area contributed by atoms with E-state index in [-0.39, 0.29) is 21.1 Å². The van der Waals surface area contributed by atoms with Crippen LogP contribution in [0.5, 0.6) is 0 Å². The molecule has 0 unspecified atom stereocenters. The predicted molar refractivity (Wildman–Crippen MR) is 64.2 cm³/mol. The van der Waals surface area contributed by atoms with Gasteiger partial charge in [0.15, 0.2) is 9.84 Å². The molecular formula is C11H14ClNO2S. The van der Waals surface area contributed by atoms with E-state index in [1.54, 1.807) is 24.3 Å². The van der Waals surface area contributed by atoms with Gasteiger partial charge in [0.1, 0.15) is 0 Å². The largest absolute Gasteiger partial charge is 0.330 e. The van der Waals surface area contributed by atoms with Gasteiger partial charge in [-0.05, 0) is 36.9 Å². The summed E-state index contributed by atoms with van der Waals surface area (Å²) in [5.41, 5.74) is 5.40. The molecule has 1 aliphatic carbocycles. The Labute approximate surface area is 101 Å². The smallest absolute Gasteiger partial charge is 0.180 e. The van der Waals surface area contributed by atoms with Crippen molar-refractivity contribution in [3.63, 3.8) is 0 Å². The Hall–Kier alpha value is -0.580. The fourth-order valence-corrected chi connectivity index (χ4v) is 4.27. The number of hydrogen-bond donors (Lipinski definition) is 1. The summed E-state index contributed by atoms with van der Waals surface area (Å²) < 4.78 is 24.3. The molecule has 2 rings (SSSR count). The Balaban J connectivity index is 2.30. The molecule has 1 aromatic rings. The van der Waals surface area contributed by atoms with E-state index < -0.39 is 9.84 Å². The average Bonchev–Trinajstić information content (AvgIpc) is 2.98. The van der Waals surface area contributed by atoms with Crippen LogP contribution in [0.1, 0.15) is 12.8 Å². The van der Waals surface area contributed by atoms with Gasteiger partial charge < -0.3 is 5.73 Å². The molecule has 0 spiro atoms. The highest BCUT2D eigenvalue weighted by atomic mass is 35.5. The Morgan fingerprint density at radius 3 is 2.44 bits per heavy atom. The van der Waals surface area contributed by atoms with Gasteiger partial charge in [-0.15, -0.1) is 0 Å². The lowest BCUT2D eigenvalue weighted by Crippen LogP contribution is -2.25. The van der Waals surface area contributed by atoms with Crippen molar-refractivity contribution in [1.82, 2.24) is 0 Å². The maximum atomic E-state index is 12.1. The zero-order valence-electron chi connectivity index (χ0n) is 8.82. The first-order valence-corrected chi connectivity index (χ1v) is 7.20. The molecule has 0 heterocycles. The van der Waals surface area contributed by atoms with E-state index in [1.807, 2.05) is 0 Å². The Kier molecular flexibility index (Phi) is 2.99. The highest BCUT2D eigenvalue weighted by Crippen LogP contribution is 2.46. The molecule has 1 aromatic carbocycles. The fourth-order valence-electron chi connectivity index (χ4n) is 1.76. The number of benzene rings is 1. The van der Waals surface area contributed by atoms with Gasteiger partial charge in [-0.2, -0.15) is 0 Å². The van der Waals surface area contributed by atoms with E-state index in [4.69, 9.17) is 17.3 Å². The van der Waals surface area contributed by atoms with Crippen molar-refractivity contribution < 1.29 is 8.42 Å². The molecule has 2 N–H and O–H groups in total. The first-order valence-electron chi connectivity index (χ1n) is 5.16. The Bertz CT molecular complexity index is 494. The number of sulfone groups is 1. The number of halogens is 1. The SMILES string of the molecule is NCC1(CS(=O)(=O)c2ccccc2Cl)CC1. The second kappa shape index (κ2) is 4.02. The van der Waals surface area contributed by atoms with Crippen LogP contribution in [-0.4, -0.2) is 20.7 Å². The van der Waals surface area contributed by atoms with Crippen LogP contribution in [0, 0.1) is 5.41 Å². The molecule has 16 heavy (non-hydrogen) atoms. The number of rotatable bonds is 4. The van der Waals surface area contributed by atoms with E-state index >= 15 is 0 Å². The first-order chi connectivity index (χ1) is 7.49. The van der Waals surface area contributed by atoms with E-state index in [1.165, 1.54) is 0 Å². The summed E-state index contributed by atoms with van der Waals surface area (Å²) in [4.78, 5) is 0.219. The minimum atomic E-state index is -3.31. The molecule has 0 amide bonds. The van der Waals surface area contributed by atoms with Gasteiger partial charge in [-0.1, -0.05) is 23.7 Å². The molecule has 0 atom stereocenters. The second-order valence-electron chi connectivity index (χ2n) is 4.39. The van der Waals surface area contributed by atoms with Gasteiger partial charge in [0.2, 0.25) is 0 Å². The highest BCUT2D eigenvalue weighted by Gasteiger charge is 2.45. The first kappa shape index (κ1) is 11.9. The fraction of sp³-hybridized carbons (Fsp3) is 0.455. The van der Waals surface area contributed by atoms with Crippen molar-refractivity contribution in [1.29, 1.82) is 0 Å². The summed E-state index contributed by atoms with van der Waals surface area (Å²) in [6.45, 7) is 0.427. The third kappa shape index (κ3) is 2.24. The summed E-state index contributed by atoms with van der Waals surface area (Å²) in [5, 5.41) is 0.287. The van der Waals surface area contributed by atoms with Crippen molar-refractivity contribution in [3.05, 3.63) is 29.3 Å². The van der Waals surface area contributed by atoms with Gasteiger partial charge in [0.25, 0.3) is 0 Å². The summed E-state index contributed by atoms with van der Waals surface area (Å²) in [7, 11) is -3.31. The predicted octanol–water partition coefficient (Wildman–Crippen LogP) is 1.85. The minimum absolute atomic E-state index is 0.111. The third-order valence-electron chi connectivity index (χ3n) is 3.06. The zero-order chi connectivity index (χ0) is 11.8. The molecule has 0 aromatic heterocycles. The van der Waals surface area contributed by atoms with Crippen molar-refractivity contribution in [2.45, 2.75) is 17.7 Å². The minimum Gasteiger partial charge on any atom is -0.330 e. The molecule has 88 valence electrons. The second-order valence-corrected chi connectivity index (χ2v) is 6.76. The van der Waals surface area contributed by atoms with Gasteiger partial charge in [-0.3, -0.25) is 0 Å². The molecule has 3 nitrogen and oxygen atoms in total. The van der Waals surface area contributed by atoms with Crippen molar-refractivity contribution in [2.24, 2.45) is 11.1 Å². The van der Waals surface area contributed by atoms with Crippen LogP contribution < -0.4 is 5.73 Å². The van der Waals surface area contributed by atoms with E-state index in [9.17, 15) is 8.42 Å². The van der Waals surface area contributed by atoms with Crippen LogP contribution in [-0.2, 0) is 9.84 Å². The standard InChI is InChI=1S/C11H14ClNO2S/c12-9-3-1-2-4-10(9)16(14,15)8-11(7-13)5-6-11/h1-4H,5-8,13H2. The molecular weight excluding hydrogens is 246 g/mol. The molecule has 0 aliphatic heterocycles. The molecule has 0 radical (unpaired) electrons. The normalized spacial score (nSPS) is 18.4. The lowest BCUT2D eigenvalue weighted by Gasteiger charge is -2.13. The summed E-state index contributed by atoms with van der Waals surface area (Å²) >= 11 is 5.89. The van der Waals surface area contributed by atoms with Crippen molar-refractivity contribution in [3.8, 4) is 0 Å². The maximum Gasteiger partial charge on any atom is 0.180 e. The van der Waals surface area contributed by atoms with Crippen LogP contribution in [0.2, 0.25) is 5.02 Å². The van der Waals surface area contributed by atoms with Gasteiger partial charge >= 0.3 is 0 Å². The van der Waals surface area contributed by atoms with Crippen LogP contribution in [0.25, 0.3) is 0 Å². The van der Waals surface area contributed by atoms with Gasteiger partial charge in [0.05, 0.1) is 15.7 Å². The topological polar surface area (TPSA) is 60.2 Å². The zero-order valence-corrected chi connectivity index (χ0v) is 10.4. The van der Waals surface area contributed by atoms with E-state index in [0.29, 0.717) is 6.54 Å². The summed E-state index contributed by atoms with van der Waals surface area (Å²) in [6, 6.07) is 6.54.